The number of carbonyl (C=O) groups excluding carboxylic acids is 1. The fraction of sp³-hybridized carbons (Fsp3) is 0.545. The molecule has 3 aromatic rings. The number of carbonyl (C=O) groups is 1. The van der Waals surface area contributed by atoms with Crippen LogP contribution in [0.1, 0.15) is 71.1 Å². The van der Waals surface area contributed by atoms with E-state index in [1.165, 1.54) is 16.5 Å². The highest BCUT2D eigenvalue weighted by Crippen LogP contribution is 2.23. The van der Waals surface area contributed by atoms with Gasteiger partial charge in [-0.25, -0.2) is 0 Å². The number of aliphatic hydroxyl groups excluding tert-OH is 1. The number of aromatic amines is 1. The minimum absolute atomic E-state index is 0.0649. The van der Waals surface area contributed by atoms with Gasteiger partial charge in [-0.15, -0.1) is 0 Å². The molecule has 0 fully saturated rings. The van der Waals surface area contributed by atoms with Crippen molar-refractivity contribution in [1.82, 2.24) is 14.8 Å². The molecule has 214 valence electrons. The summed E-state index contributed by atoms with van der Waals surface area (Å²) in [5, 5.41) is 11.8. The topological polar surface area (TPSA) is 68.8 Å². The van der Waals surface area contributed by atoms with E-state index >= 15 is 0 Å². The predicted octanol–water partition coefficient (Wildman–Crippen LogP) is 5.92. The Kier molecular flexibility index (Phi) is 11.6. The van der Waals surface area contributed by atoms with Gasteiger partial charge in [-0.1, -0.05) is 76.6 Å². The lowest BCUT2D eigenvalue weighted by Crippen LogP contribution is -2.44. The lowest BCUT2D eigenvalue weighted by Gasteiger charge is -2.29. The zero-order valence-electron chi connectivity index (χ0n) is 24.9. The molecule has 0 aliphatic rings. The number of nitrogens with one attached hydrogen (secondary N) is 1. The SMILES string of the molecule is CCCCN(CC(=O)N(CCc1c[nH]c2ccccc12)Cc1ccc(C(C)(C)C)cc1)C[C@H](O)COC(C)C. The molecule has 1 amide bonds. The van der Waals surface area contributed by atoms with Crippen molar-refractivity contribution >= 4 is 16.8 Å². The average Bonchev–Trinajstić information content (AvgIpc) is 3.31. The third-order valence-electron chi connectivity index (χ3n) is 7.15. The number of ether oxygens (including phenoxy) is 1. The Balaban J connectivity index is 1.75. The fourth-order valence-corrected chi connectivity index (χ4v) is 4.78. The summed E-state index contributed by atoms with van der Waals surface area (Å²) in [6, 6.07) is 16.9. The third-order valence-corrected chi connectivity index (χ3v) is 7.15. The molecule has 3 rings (SSSR count). The van der Waals surface area contributed by atoms with E-state index in [2.05, 4.69) is 86.2 Å². The molecular weight excluding hydrogens is 486 g/mol. The van der Waals surface area contributed by atoms with Crippen LogP contribution < -0.4 is 0 Å². The van der Waals surface area contributed by atoms with E-state index in [0.717, 1.165) is 36.9 Å². The molecule has 39 heavy (non-hydrogen) atoms. The van der Waals surface area contributed by atoms with Crippen LogP contribution >= 0.6 is 0 Å². The molecule has 1 heterocycles. The lowest BCUT2D eigenvalue weighted by atomic mass is 9.87. The van der Waals surface area contributed by atoms with Crippen LogP contribution in [-0.2, 0) is 27.9 Å². The smallest absolute Gasteiger partial charge is 0.237 e. The summed E-state index contributed by atoms with van der Waals surface area (Å²) in [7, 11) is 0. The highest BCUT2D eigenvalue weighted by atomic mass is 16.5. The Morgan fingerprint density at radius 1 is 1.05 bits per heavy atom. The third kappa shape index (κ3) is 9.79. The number of unbranched alkanes of at least 4 members (excludes halogenated alkanes) is 1. The molecule has 2 aromatic carbocycles. The molecule has 6 heteroatoms. The molecule has 0 spiro atoms. The summed E-state index contributed by atoms with van der Waals surface area (Å²) >= 11 is 0. The van der Waals surface area contributed by atoms with Gasteiger partial charge in [0, 0.05) is 36.7 Å². The van der Waals surface area contributed by atoms with Crippen LogP contribution in [0.4, 0.5) is 0 Å². The van der Waals surface area contributed by atoms with Gasteiger partial charge in [-0.3, -0.25) is 9.69 Å². The number of H-pyrrole nitrogens is 1. The second kappa shape index (κ2) is 14.6. The first-order valence-corrected chi connectivity index (χ1v) is 14.5. The normalized spacial score (nSPS) is 12.9. The van der Waals surface area contributed by atoms with Crippen molar-refractivity contribution < 1.29 is 14.6 Å². The lowest BCUT2D eigenvalue weighted by molar-refractivity contribution is -0.133. The summed E-state index contributed by atoms with van der Waals surface area (Å²) in [6.45, 7) is 15.7. The van der Waals surface area contributed by atoms with Gasteiger partial charge in [0.1, 0.15) is 0 Å². The second-order valence-corrected chi connectivity index (χ2v) is 12.0. The van der Waals surface area contributed by atoms with E-state index in [9.17, 15) is 9.90 Å². The summed E-state index contributed by atoms with van der Waals surface area (Å²) in [6.07, 6.45) is 4.29. The number of hydrogen-bond acceptors (Lipinski definition) is 4. The number of benzene rings is 2. The van der Waals surface area contributed by atoms with E-state index in [1.807, 2.05) is 24.8 Å². The molecule has 1 aromatic heterocycles. The number of nitrogens with zero attached hydrogens (tertiary/aromatic N) is 2. The van der Waals surface area contributed by atoms with E-state index < -0.39 is 6.10 Å². The fourth-order valence-electron chi connectivity index (χ4n) is 4.78. The van der Waals surface area contributed by atoms with Crippen molar-refractivity contribution in [3.63, 3.8) is 0 Å². The van der Waals surface area contributed by atoms with Gasteiger partial charge in [-0.2, -0.15) is 0 Å². The number of aromatic nitrogens is 1. The zero-order valence-corrected chi connectivity index (χ0v) is 24.9. The molecule has 0 bridgehead atoms. The van der Waals surface area contributed by atoms with Gasteiger partial charge >= 0.3 is 0 Å². The number of aliphatic hydroxyl groups is 1. The zero-order chi connectivity index (χ0) is 28.4. The Hall–Kier alpha value is -2.67. The minimum Gasteiger partial charge on any atom is -0.389 e. The van der Waals surface area contributed by atoms with Crippen LogP contribution in [0.2, 0.25) is 0 Å². The largest absolute Gasteiger partial charge is 0.389 e. The van der Waals surface area contributed by atoms with Crippen LogP contribution in [0.15, 0.2) is 54.7 Å². The summed E-state index contributed by atoms with van der Waals surface area (Å²) < 4.78 is 5.61. The quantitative estimate of drug-likeness (QED) is 0.253. The van der Waals surface area contributed by atoms with Crippen molar-refractivity contribution in [2.24, 2.45) is 0 Å². The van der Waals surface area contributed by atoms with Crippen molar-refractivity contribution in [3.05, 3.63) is 71.4 Å². The molecule has 6 nitrogen and oxygen atoms in total. The minimum atomic E-state index is -0.623. The predicted molar refractivity (Wildman–Crippen MR) is 161 cm³/mol. The van der Waals surface area contributed by atoms with Crippen LogP contribution in [0, 0.1) is 0 Å². The monoisotopic (exact) mass is 535 g/mol. The van der Waals surface area contributed by atoms with Gasteiger partial charge in [0.15, 0.2) is 0 Å². The van der Waals surface area contributed by atoms with E-state index in [-0.39, 0.29) is 30.6 Å². The first-order chi connectivity index (χ1) is 18.6. The van der Waals surface area contributed by atoms with Gasteiger partial charge in [0.25, 0.3) is 0 Å². The van der Waals surface area contributed by atoms with Crippen LogP contribution in [0.25, 0.3) is 10.9 Å². The standard InChI is InChI=1S/C33H49N3O3/c1-7-8-18-35(22-29(37)24-39-25(2)3)23-32(38)36(21-26-13-15-28(16-14-26)33(4,5)6)19-17-27-20-34-31-12-10-9-11-30(27)31/h9-16,20,25,29,34,37H,7-8,17-19,21-24H2,1-6H3/t29-/m0/s1. The molecule has 0 saturated carbocycles. The molecule has 0 radical (unpaired) electrons. The molecule has 2 N–H and O–H groups in total. The van der Waals surface area contributed by atoms with Gasteiger partial charge in [0.2, 0.25) is 5.91 Å². The Morgan fingerprint density at radius 2 is 1.77 bits per heavy atom. The Labute approximate surface area is 235 Å². The van der Waals surface area contributed by atoms with Crippen LogP contribution in [0.5, 0.6) is 0 Å². The van der Waals surface area contributed by atoms with E-state index in [0.29, 0.717) is 19.6 Å². The van der Waals surface area contributed by atoms with Crippen molar-refractivity contribution in [2.45, 2.75) is 85.0 Å². The number of para-hydroxylation sites is 1. The van der Waals surface area contributed by atoms with E-state index in [4.69, 9.17) is 4.74 Å². The molecule has 0 saturated heterocycles. The van der Waals surface area contributed by atoms with Crippen LogP contribution in [0.3, 0.4) is 0 Å². The summed E-state index contributed by atoms with van der Waals surface area (Å²) in [5.74, 6) is 0.0859. The van der Waals surface area contributed by atoms with Crippen molar-refractivity contribution in [2.75, 3.05) is 32.8 Å². The molecule has 0 aliphatic carbocycles. The maximum Gasteiger partial charge on any atom is 0.237 e. The first-order valence-electron chi connectivity index (χ1n) is 14.5. The second-order valence-electron chi connectivity index (χ2n) is 12.0. The molecule has 0 unspecified atom stereocenters. The molecule has 1 atom stereocenters. The Bertz CT molecular complexity index is 1150. The van der Waals surface area contributed by atoms with Crippen LogP contribution in [-0.4, -0.2) is 70.8 Å². The van der Waals surface area contributed by atoms with Gasteiger partial charge < -0.3 is 19.7 Å². The van der Waals surface area contributed by atoms with Gasteiger partial charge in [-0.05, 0) is 61.4 Å². The number of rotatable bonds is 15. The summed E-state index contributed by atoms with van der Waals surface area (Å²) in [4.78, 5) is 21.2. The maximum atomic E-state index is 13.8. The highest BCUT2D eigenvalue weighted by Gasteiger charge is 2.21. The van der Waals surface area contributed by atoms with Gasteiger partial charge in [0.05, 0.1) is 25.4 Å². The molecular formula is C33H49N3O3. The molecule has 0 aliphatic heterocycles. The average molecular weight is 536 g/mol. The number of fused-ring (bicyclic) bond motifs is 1. The number of hydrogen-bond donors (Lipinski definition) is 2. The first kappa shape index (κ1) is 30.9. The number of amides is 1. The van der Waals surface area contributed by atoms with Crippen molar-refractivity contribution in [3.8, 4) is 0 Å². The maximum absolute atomic E-state index is 13.8. The van der Waals surface area contributed by atoms with Crippen molar-refractivity contribution in [1.29, 1.82) is 0 Å². The summed E-state index contributed by atoms with van der Waals surface area (Å²) in [5.41, 5.74) is 4.83. The highest BCUT2D eigenvalue weighted by molar-refractivity contribution is 5.83. The Morgan fingerprint density at radius 3 is 2.44 bits per heavy atom. The van der Waals surface area contributed by atoms with E-state index in [1.54, 1.807) is 0 Å².